The van der Waals surface area contributed by atoms with Crippen LogP contribution in [0.5, 0.6) is 0 Å². The summed E-state index contributed by atoms with van der Waals surface area (Å²) < 4.78 is 35.0. The number of fused-ring (bicyclic) bond motifs is 3. The van der Waals surface area contributed by atoms with Gasteiger partial charge >= 0.3 is 0 Å². The monoisotopic (exact) mass is 497 g/mol. The van der Waals surface area contributed by atoms with Crippen LogP contribution >= 0.6 is 11.6 Å². The van der Waals surface area contributed by atoms with Crippen LogP contribution in [0, 0.1) is 0 Å². The van der Waals surface area contributed by atoms with Gasteiger partial charge < -0.3 is 14.6 Å². The molecule has 1 N–H and O–H groups in total. The zero-order chi connectivity index (χ0) is 23.9. The van der Waals surface area contributed by atoms with Crippen LogP contribution in [0.25, 0.3) is 21.8 Å². The fourth-order valence-electron chi connectivity index (χ4n) is 4.44. The van der Waals surface area contributed by atoms with E-state index in [1.165, 1.54) is 22.5 Å². The van der Waals surface area contributed by atoms with Crippen molar-refractivity contribution in [1.82, 2.24) is 8.87 Å². The molecular weight excluding hydrogens is 474 g/mol. The lowest BCUT2D eigenvalue weighted by Gasteiger charge is -2.26. The van der Waals surface area contributed by atoms with Gasteiger partial charge in [-0.3, -0.25) is 4.79 Å². The van der Waals surface area contributed by atoms with Crippen LogP contribution < -0.4 is 5.32 Å². The Morgan fingerprint density at radius 3 is 2.50 bits per heavy atom. The molecule has 1 aliphatic rings. The highest BCUT2D eigenvalue weighted by atomic mass is 35.5. The van der Waals surface area contributed by atoms with Gasteiger partial charge in [0.1, 0.15) is 4.90 Å². The average molecular weight is 498 g/mol. The summed E-state index contributed by atoms with van der Waals surface area (Å²) in [4.78, 5) is 13.0. The minimum Gasteiger partial charge on any atom is -0.379 e. The lowest BCUT2D eigenvalue weighted by molar-refractivity contribution is 0.0730. The first-order valence-electron chi connectivity index (χ1n) is 11.1. The molecule has 0 spiro atoms. The fraction of sp³-hybridized carbons (Fsp3) is 0.240. The third-order valence-electron chi connectivity index (χ3n) is 6.13. The van der Waals surface area contributed by atoms with Crippen molar-refractivity contribution in [3.63, 3.8) is 0 Å². The summed E-state index contributed by atoms with van der Waals surface area (Å²) in [5.74, 6) is -0.409. The molecule has 1 aliphatic heterocycles. The summed E-state index contributed by atoms with van der Waals surface area (Å²) in [6.45, 7) is 4.09. The summed E-state index contributed by atoms with van der Waals surface area (Å²) in [6.07, 6.45) is 0. The molecule has 5 rings (SSSR count). The zero-order valence-electron chi connectivity index (χ0n) is 18.6. The predicted molar refractivity (Wildman–Crippen MR) is 134 cm³/mol. The fourth-order valence-corrected chi connectivity index (χ4v) is 6.35. The van der Waals surface area contributed by atoms with Crippen LogP contribution in [0.15, 0.2) is 65.6 Å². The molecule has 0 saturated carbocycles. The molecule has 2 heterocycles. The van der Waals surface area contributed by atoms with E-state index in [1.807, 2.05) is 30.3 Å². The van der Waals surface area contributed by atoms with Crippen LogP contribution in [0.1, 0.15) is 17.3 Å². The molecule has 1 amide bonds. The molecule has 1 fully saturated rings. The Kier molecular flexibility index (Phi) is 6.07. The first kappa shape index (κ1) is 22.9. The molecule has 0 unspecified atom stereocenters. The number of rotatable bonds is 5. The van der Waals surface area contributed by atoms with Gasteiger partial charge in [0.2, 0.25) is 10.0 Å². The van der Waals surface area contributed by atoms with Crippen molar-refractivity contribution in [1.29, 1.82) is 0 Å². The van der Waals surface area contributed by atoms with Crippen molar-refractivity contribution in [2.24, 2.45) is 0 Å². The van der Waals surface area contributed by atoms with Gasteiger partial charge in [0.25, 0.3) is 5.91 Å². The molecule has 1 aromatic heterocycles. The second-order valence-electron chi connectivity index (χ2n) is 8.11. The van der Waals surface area contributed by atoms with E-state index in [1.54, 1.807) is 0 Å². The SMILES string of the molecule is CCn1c2ccccc2c2cc(NC(=O)c3ccc(Cl)c(S(=O)(=O)N4CCOCC4)c3)ccc21. The highest BCUT2D eigenvalue weighted by Crippen LogP contribution is 2.31. The van der Waals surface area contributed by atoms with E-state index in [-0.39, 0.29) is 28.6 Å². The number of anilines is 1. The maximum atomic E-state index is 13.1. The van der Waals surface area contributed by atoms with E-state index in [0.717, 1.165) is 28.4 Å². The lowest BCUT2D eigenvalue weighted by atomic mass is 10.1. The Hall–Kier alpha value is -2.91. The molecule has 34 heavy (non-hydrogen) atoms. The van der Waals surface area contributed by atoms with Crippen molar-refractivity contribution in [3.8, 4) is 0 Å². The molecule has 0 radical (unpaired) electrons. The first-order valence-corrected chi connectivity index (χ1v) is 12.9. The van der Waals surface area contributed by atoms with Crippen LogP contribution in [-0.4, -0.2) is 49.5 Å². The Balaban J connectivity index is 1.47. The topological polar surface area (TPSA) is 80.6 Å². The first-order chi connectivity index (χ1) is 16.4. The Bertz CT molecular complexity index is 1510. The molecule has 0 aliphatic carbocycles. The van der Waals surface area contributed by atoms with Crippen molar-refractivity contribution >= 4 is 55.0 Å². The Labute approximate surface area is 202 Å². The summed E-state index contributed by atoms with van der Waals surface area (Å²) in [7, 11) is -3.84. The summed E-state index contributed by atoms with van der Waals surface area (Å²) in [6, 6.07) is 18.3. The van der Waals surface area contributed by atoms with Gasteiger partial charge in [-0.1, -0.05) is 29.8 Å². The summed E-state index contributed by atoms with van der Waals surface area (Å²) >= 11 is 6.23. The average Bonchev–Trinajstić information content (AvgIpc) is 3.17. The molecule has 0 bridgehead atoms. The van der Waals surface area contributed by atoms with Crippen LogP contribution in [0.3, 0.4) is 0 Å². The van der Waals surface area contributed by atoms with Crippen LogP contribution in [-0.2, 0) is 21.3 Å². The normalized spacial score (nSPS) is 15.1. The van der Waals surface area contributed by atoms with Gasteiger partial charge in [0, 0.05) is 52.7 Å². The number of sulfonamides is 1. The third-order valence-corrected chi connectivity index (χ3v) is 8.51. The summed E-state index contributed by atoms with van der Waals surface area (Å²) in [5, 5.41) is 5.14. The minimum atomic E-state index is -3.84. The number of nitrogens with zero attached hydrogens (tertiary/aromatic N) is 2. The van der Waals surface area contributed by atoms with Crippen LogP contribution in [0.2, 0.25) is 5.02 Å². The maximum Gasteiger partial charge on any atom is 0.255 e. The van der Waals surface area contributed by atoms with Gasteiger partial charge in [0.15, 0.2) is 0 Å². The van der Waals surface area contributed by atoms with Crippen molar-refractivity contribution in [3.05, 3.63) is 71.2 Å². The van der Waals surface area contributed by atoms with Gasteiger partial charge in [-0.15, -0.1) is 0 Å². The largest absolute Gasteiger partial charge is 0.379 e. The van der Waals surface area contributed by atoms with Crippen molar-refractivity contribution < 1.29 is 17.9 Å². The number of benzene rings is 3. The molecule has 4 aromatic rings. The molecule has 1 saturated heterocycles. The lowest BCUT2D eigenvalue weighted by Crippen LogP contribution is -2.40. The van der Waals surface area contributed by atoms with E-state index in [2.05, 4.69) is 28.9 Å². The predicted octanol–water partition coefficient (Wildman–Crippen LogP) is 4.74. The minimum absolute atomic E-state index is 0.0785. The molecule has 9 heteroatoms. The number of morpholine rings is 1. The number of hydrogen-bond donors (Lipinski definition) is 1. The number of aromatic nitrogens is 1. The standard InChI is InChI=1S/C25H24ClN3O4S/c1-2-29-22-6-4-3-5-19(22)20-16-18(8-10-23(20)29)27-25(30)17-7-9-21(26)24(15-17)34(31,32)28-11-13-33-14-12-28/h3-10,15-16H,2,11-14H2,1H3,(H,27,30). The highest BCUT2D eigenvalue weighted by molar-refractivity contribution is 7.89. The van der Waals surface area contributed by atoms with Gasteiger partial charge in [-0.2, -0.15) is 4.31 Å². The molecule has 176 valence electrons. The number of ether oxygens (including phenoxy) is 1. The number of amides is 1. The number of carbonyl (C=O) groups excluding carboxylic acids is 1. The number of nitrogens with one attached hydrogen (secondary N) is 1. The van der Waals surface area contributed by atoms with Crippen LogP contribution in [0.4, 0.5) is 5.69 Å². The van der Waals surface area contributed by atoms with E-state index in [9.17, 15) is 13.2 Å². The molecule has 7 nitrogen and oxygen atoms in total. The van der Waals surface area contributed by atoms with E-state index < -0.39 is 15.9 Å². The molecule has 3 aromatic carbocycles. The second kappa shape index (κ2) is 9.03. The number of para-hydroxylation sites is 1. The van der Waals surface area contributed by atoms with Gasteiger partial charge in [-0.05, 0) is 49.4 Å². The molecule has 0 atom stereocenters. The van der Waals surface area contributed by atoms with E-state index in [0.29, 0.717) is 18.9 Å². The number of hydrogen-bond acceptors (Lipinski definition) is 4. The van der Waals surface area contributed by atoms with E-state index in [4.69, 9.17) is 16.3 Å². The highest BCUT2D eigenvalue weighted by Gasteiger charge is 2.29. The number of aryl methyl sites for hydroxylation is 1. The quantitative estimate of drug-likeness (QED) is 0.432. The number of carbonyl (C=O) groups is 1. The van der Waals surface area contributed by atoms with E-state index >= 15 is 0 Å². The third kappa shape index (κ3) is 3.96. The van der Waals surface area contributed by atoms with Gasteiger partial charge in [-0.25, -0.2) is 8.42 Å². The van der Waals surface area contributed by atoms with Crippen molar-refractivity contribution in [2.45, 2.75) is 18.4 Å². The maximum absolute atomic E-state index is 13.1. The summed E-state index contributed by atoms with van der Waals surface area (Å²) in [5.41, 5.74) is 3.07. The Morgan fingerprint density at radius 2 is 1.74 bits per heavy atom. The van der Waals surface area contributed by atoms with Crippen molar-refractivity contribution in [2.75, 3.05) is 31.6 Å². The second-order valence-corrected chi connectivity index (χ2v) is 10.4. The molecular formula is C25H24ClN3O4S. The number of halogens is 1. The zero-order valence-corrected chi connectivity index (χ0v) is 20.2. The smallest absolute Gasteiger partial charge is 0.255 e. The Morgan fingerprint density at radius 1 is 1.00 bits per heavy atom. The van der Waals surface area contributed by atoms with Gasteiger partial charge in [0.05, 0.1) is 18.2 Å².